The molecule has 2 aliphatic rings. The normalized spacial score (nSPS) is 31.4. The minimum atomic E-state index is -0.270. The average Bonchev–Trinajstić information content (AvgIpc) is 3.02. The molecule has 2 saturated carbocycles. The molecule has 0 aromatic carbocycles. The van der Waals surface area contributed by atoms with Gasteiger partial charge in [-0.25, -0.2) is 0 Å². The van der Waals surface area contributed by atoms with Gasteiger partial charge in [0, 0.05) is 12.5 Å². The van der Waals surface area contributed by atoms with E-state index in [1.54, 1.807) is 0 Å². The van der Waals surface area contributed by atoms with Crippen LogP contribution in [0.3, 0.4) is 0 Å². The van der Waals surface area contributed by atoms with Gasteiger partial charge in [-0.3, -0.25) is 9.59 Å². The summed E-state index contributed by atoms with van der Waals surface area (Å²) in [6.07, 6.45) is 5.23. The van der Waals surface area contributed by atoms with Crippen LogP contribution in [0.15, 0.2) is 0 Å². The molecule has 2 fully saturated rings. The molecule has 1 amide bonds. The lowest BCUT2D eigenvalue weighted by Crippen LogP contribution is -2.28. The standard InChI is InChI=1S/C12H19NO3/c1-16-10(14)6-7-13-12(15)11-8-4-2-3-5-9(8)11/h8-9,11H,2-7H2,1H3,(H,13,15). The molecule has 2 unspecified atom stereocenters. The lowest BCUT2D eigenvalue weighted by Gasteiger charge is -2.04. The van der Waals surface area contributed by atoms with E-state index < -0.39 is 0 Å². The third-order valence-corrected chi connectivity index (χ3v) is 3.82. The van der Waals surface area contributed by atoms with Crippen LogP contribution in [0.2, 0.25) is 0 Å². The van der Waals surface area contributed by atoms with Crippen molar-refractivity contribution >= 4 is 11.9 Å². The molecule has 4 heteroatoms. The van der Waals surface area contributed by atoms with Crippen molar-refractivity contribution < 1.29 is 14.3 Å². The maximum atomic E-state index is 11.8. The van der Waals surface area contributed by atoms with Crippen LogP contribution in [0.1, 0.15) is 32.1 Å². The highest BCUT2D eigenvalue weighted by atomic mass is 16.5. The first-order valence-corrected chi connectivity index (χ1v) is 6.08. The predicted octanol–water partition coefficient (Wildman–Crippen LogP) is 1.10. The summed E-state index contributed by atoms with van der Waals surface area (Å²) in [5.41, 5.74) is 0. The Bertz CT molecular complexity index is 278. The monoisotopic (exact) mass is 225 g/mol. The van der Waals surface area contributed by atoms with E-state index in [0.29, 0.717) is 18.4 Å². The number of methoxy groups -OCH3 is 1. The molecule has 0 radical (unpaired) electrons. The molecule has 0 bridgehead atoms. The largest absolute Gasteiger partial charge is 0.469 e. The van der Waals surface area contributed by atoms with E-state index in [4.69, 9.17) is 0 Å². The molecule has 0 saturated heterocycles. The molecule has 2 atom stereocenters. The summed E-state index contributed by atoms with van der Waals surface area (Å²) in [6, 6.07) is 0. The van der Waals surface area contributed by atoms with Crippen LogP contribution in [-0.4, -0.2) is 25.5 Å². The van der Waals surface area contributed by atoms with Gasteiger partial charge in [-0.2, -0.15) is 0 Å². The second kappa shape index (κ2) is 4.85. The number of carbonyl (C=O) groups excluding carboxylic acids is 2. The number of hydrogen-bond acceptors (Lipinski definition) is 3. The minimum Gasteiger partial charge on any atom is -0.469 e. The van der Waals surface area contributed by atoms with Crippen molar-refractivity contribution in [3.05, 3.63) is 0 Å². The summed E-state index contributed by atoms with van der Waals surface area (Å²) >= 11 is 0. The molecule has 0 spiro atoms. The van der Waals surface area contributed by atoms with Crippen molar-refractivity contribution in [2.24, 2.45) is 17.8 Å². The van der Waals surface area contributed by atoms with E-state index >= 15 is 0 Å². The van der Waals surface area contributed by atoms with Crippen LogP contribution in [-0.2, 0) is 14.3 Å². The lowest BCUT2D eigenvalue weighted by atomic mass is 10.0. The molecule has 2 aliphatic carbocycles. The van der Waals surface area contributed by atoms with Gasteiger partial charge < -0.3 is 10.1 Å². The van der Waals surface area contributed by atoms with E-state index in [0.717, 1.165) is 0 Å². The van der Waals surface area contributed by atoms with Crippen LogP contribution in [0, 0.1) is 17.8 Å². The topological polar surface area (TPSA) is 55.4 Å². The summed E-state index contributed by atoms with van der Waals surface area (Å²) in [5, 5.41) is 2.83. The maximum absolute atomic E-state index is 11.8. The predicted molar refractivity (Wildman–Crippen MR) is 58.6 cm³/mol. The average molecular weight is 225 g/mol. The molecular formula is C12H19NO3. The maximum Gasteiger partial charge on any atom is 0.307 e. The lowest BCUT2D eigenvalue weighted by molar-refractivity contribution is -0.140. The number of esters is 1. The fraction of sp³-hybridized carbons (Fsp3) is 0.833. The molecule has 90 valence electrons. The molecule has 0 aliphatic heterocycles. The third-order valence-electron chi connectivity index (χ3n) is 3.82. The third kappa shape index (κ3) is 2.36. The van der Waals surface area contributed by atoms with Gasteiger partial charge in [-0.15, -0.1) is 0 Å². The van der Waals surface area contributed by atoms with Gasteiger partial charge >= 0.3 is 5.97 Å². The quantitative estimate of drug-likeness (QED) is 0.729. The van der Waals surface area contributed by atoms with Gasteiger partial charge in [0.1, 0.15) is 0 Å². The Labute approximate surface area is 95.7 Å². The number of rotatable bonds is 4. The van der Waals surface area contributed by atoms with Gasteiger partial charge in [0.2, 0.25) is 5.91 Å². The fourth-order valence-electron chi connectivity index (χ4n) is 2.89. The summed E-state index contributed by atoms with van der Waals surface area (Å²) in [7, 11) is 1.36. The zero-order valence-corrected chi connectivity index (χ0v) is 9.70. The zero-order chi connectivity index (χ0) is 11.5. The van der Waals surface area contributed by atoms with Gasteiger partial charge in [0.05, 0.1) is 13.5 Å². The van der Waals surface area contributed by atoms with Crippen LogP contribution in [0.5, 0.6) is 0 Å². The number of fused-ring (bicyclic) bond motifs is 1. The second-order valence-electron chi connectivity index (χ2n) is 4.76. The minimum absolute atomic E-state index is 0.140. The van der Waals surface area contributed by atoms with Crippen molar-refractivity contribution in [1.82, 2.24) is 5.32 Å². The van der Waals surface area contributed by atoms with E-state index in [-0.39, 0.29) is 24.2 Å². The molecule has 0 aromatic rings. The van der Waals surface area contributed by atoms with Gasteiger partial charge in [0.25, 0.3) is 0 Å². The molecule has 0 aromatic heterocycles. The molecule has 16 heavy (non-hydrogen) atoms. The number of carbonyl (C=O) groups is 2. The SMILES string of the molecule is COC(=O)CCNC(=O)C1C2CCCCC21. The Morgan fingerprint density at radius 2 is 1.88 bits per heavy atom. The van der Waals surface area contributed by atoms with Crippen molar-refractivity contribution in [2.75, 3.05) is 13.7 Å². The zero-order valence-electron chi connectivity index (χ0n) is 9.70. The molecule has 1 N–H and O–H groups in total. The van der Waals surface area contributed by atoms with Gasteiger partial charge in [0.15, 0.2) is 0 Å². The van der Waals surface area contributed by atoms with Crippen LogP contribution < -0.4 is 5.32 Å². The number of ether oxygens (including phenoxy) is 1. The Morgan fingerprint density at radius 1 is 1.25 bits per heavy atom. The first kappa shape index (κ1) is 11.4. The first-order chi connectivity index (χ1) is 7.74. The molecule has 4 nitrogen and oxygen atoms in total. The van der Waals surface area contributed by atoms with Crippen LogP contribution in [0.25, 0.3) is 0 Å². The molecule has 2 rings (SSSR count). The van der Waals surface area contributed by atoms with Crippen LogP contribution >= 0.6 is 0 Å². The highest BCUT2D eigenvalue weighted by molar-refractivity contribution is 5.82. The Hall–Kier alpha value is -1.06. The highest BCUT2D eigenvalue weighted by Gasteiger charge is 2.54. The number of nitrogens with one attached hydrogen (secondary N) is 1. The number of hydrogen-bond donors (Lipinski definition) is 1. The second-order valence-corrected chi connectivity index (χ2v) is 4.76. The Balaban J connectivity index is 1.67. The van der Waals surface area contributed by atoms with Crippen molar-refractivity contribution in [1.29, 1.82) is 0 Å². The van der Waals surface area contributed by atoms with Crippen molar-refractivity contribution in [2.45, 2.75) is 32.1 Å². The summed E-state index contributed by atoms with van der Waals surface area (Å²) < 4.78 is 4.51. The van der Waals surface area contributed by atoms with Crippen molar-refractivity contribution in [3.8, 4) is 0 Å². The van der Waals surface area contributed by atoms with Gasteiger partial charge in [-0.1, -0.05) is 12.8 Å². The number of amides is 1. The van der Waals surface area contributed by atoms with E-state index in [1.807, 2.05) is 0 Å². The Morgan fingerprint density at radius 3 is 2.44 bits per heavy atom. The van der Waals surface area contributed by atoms with Gasteiger partial charge in [-0.05, 0) is 24.7 Å². The first-order valence-electron chi connectivity index (χ1n) is 6.08. The summed E-state index contributed by atoms with van der Waals surface area (Å²) in [5.74, 6) is 1.37. The Kier molecular flexibility index (Phi) is 3.46. The van der Waals surface area contributed by atoms with E-state index in [9.17, 15) is 9.59 Å². The smallest absolute Gasteiger partial charge is 0.307 e. The molecular weight excluding hydrogens is 206 g/mol. The summed E-state index contributed by atoms with van der Waals surface area (Å²) in [6.45, 7) is 0.404. The molecule has 0 heterocycles. The fourth-order valence-corrected chi connectivity index (χ4v) is 2.89. The highest BCUT2D eigenvalue weighted by Crippen LogP contribution is 2.55. The van der Waals surface area contributed by atoms with Crippen molar-refractivity contribution in [3.63, 3.8) is 0 Å². The van der Waals surface area contributed by atoms with Crippen LogP contribution in [0.4, 0.5) is 0 Å². The summed E-state index contributed by atoms with van der Waals surface area (Å²) in [4.78, 5) is 22.6. The van der Waals surface area contributed by atoms with E-state index in [2.05, 4.69) is 10.1 Å². The van der Waals surface area contributed by atoms with E-state index in [1.165, 1.54) is 32.8 Å².